The molecule has 0 aromatic carbocycles. The van der Waals surface area contributed by atoms with Crippen molar-refractivity contribution in [2.75, 3.05) is 13.1 Å². The molecule has 0 aliphatic heterocycles. The molecule has 8 nitrogen and oxygen atoms in total. The van der Waals surface area contributed by atoms with Crippen molar-refractivity contribution < 1.29 is 16.8 Å². The summed E-state index contributed by atoms with van der Waals surface area (Å²) in [4.78, 5) is 0. The third-order valence-electron chi connectivity index (χ3n) is 3.77. The van der Waals surface area contributed by atoms with Crippen molar-refractivity contribution in [2.45, 2.75) is 75.7 Å². The van der Waals surface area contributed by atoms with Crippen LogP contribution in [0.3, 0.4) is 0 Å². The molecule has 150 valence electrons. The summed E-state index contributed by atoms with van der Waals surface area (Å²) in [5, 5.41) is 17.0. The highest BCUT2D eigenvalue weighted by Gasteiger charge is 2.36. The molecule has 0 aromatic heterocycles. The maximum absolute atomic E-state index is 12.5. The average Bonchev–Trinajstić information content (AvgIpc) is 2.58. The molecule has 0 fully saturated rings. The van der Waals surface area contributed by atoms with E-state index in [-0.39, 0.29) is 19.5 Å². The summed E-state index contributed by atoms with van der Waals surface area (Å²) >= 11 is 0. The van der Waals surface area contributed by atoms with E-state index in [0.717, 1.165) is 12.8 Å². The molecule has 0 amide bonds. The first-order valence-electron chi connectivity index (χ1n) is 9.02. The molecule has 2 N–H and O–H groups in total. The van der Waals surface area contributed by atoms with E-state index in [4.69, 9.17) is 10.5 Å². The normalized spacial score (nSPS) is 12.0. The molecule has 0 rings (SSSR count). The van der Waals surface area contributed by atoms with Crippen LogP contribution < -0.4 is 9.44 Å². The van der Waals surface area contributed by atoms with Gasteiger partial charge < -0.3 is 0 Å². The average molecular weight is 407 g/mol. The molecule has 0 aliphatic carbocycles. The van der Waals surface area contributed by atoms with Crippen LogP contribution in [0.15, 0.2) is 0 Å². The second-order valence-electron chi connectivity index (χ2n) is 6.03. The fourth-order valence-electron chi connectivity index (χ4n) is 2.31. The van der Waals surface area contributed by atoms with Gasteiger partial charge in [0.25, 0.3) is 0 Å². The van der Waals surface area contributed by atoms with Crippen molar-refractivity contribution in [2.24, 2.45) is 0 Å². The molecule has 0 bridgehead atoms. The molecule has 0 saturated carbocycles. The minimum atomic E-state index is -4.03. The molecule has 0 aromatic rings. The van der Waals surface area contributed by atoms with Crippen molar-refractivity contribution in [1.29, 1.82) is 10.5 Å². The number of hydrogen-bond acceptors (Lipinski definition) is 6. The molecule has 0 spiro atoms. The van der Waals surface area contributed by atoms with Gasteiger partial charge in [-0.2, -0.15) is 10.5 Å². The summed E-state index contributed by atoms with van der Waals surface area (Å²) < 4.78 is 53.2. The molecule has 0 saturated heterocycles. The largest absolute Gasteiger partial charge is 0.230 e. The van der Waals surface area contributed by atoms with Gasteiger partial charge in [0, 0.05) is 25.9 Å². The third kappa shape index (κ3) is 10.7. The van der Waals surface area contributed by atoms with E-state index in [9.17, 15) is 16.8 Å². The van der Waals surface area contributed by atoms with Crippen LogP contribution >= 0.6 is 0 Å². The lowest BCUT2D eigenvalue weighted by molar-refractivity contribution is 0.542. The second-order valence-corrected chi connectivity index (χ2v) is 10.2. The van der Waals surface area contributed by atoms with E-state index < -0.39 is 24.6 Å². The van der Waals surface area contributed by atoms with Crippen molar-refractivity contribution in [1.82, 2.24) is 9.44 Å². The van der Waals surface area contributed by atoms with E-state index in [0.29, 0.717) is 44.9 Å². The lowest BCUT2D eigenvalue weighted by Crippen LogP contribution is -2.45. The Kier molecular flexibility index (Phi) is 13.3. The van der Waals surface area contributed by atoms with Crippen LogP contribution in [-0.4, -0.2) is 34.5 Å². The molecule has 26 heavy (non-hydrogen) atoms. The lowest BCUT2D eigenvalue weighted by atomic mass is 10.2. The predicted molar refractivity (Wildman–Crippen MR) is 101 cm³/mol. The number of nitriles is 2. The number of rotatable bonds is 16. The first-order chi connectivity index (χ1) is 12.3. The van der Waals surface area contributed by atoms with Crippen molar-refractivity contribution in [3.05, 3.63) is 0 Å². The number of sulfonamides is 2. The standard InChI is InChI=1S/C16H30N4O4S2/c1-2-3-6-11-16(25(21,22)19-14-9-4-7-12-17)26(23,24)20-15-10-5-8-13-18/h16,19-20H,2-11,14-15H2,1H3. The van der Waals surface area contributed by atoms with E-state index in [1.165, 1.54) is 0 Å². The van der Waals surface area contributed by atoms with Crippen LogP contribution in [0.25, 0.3) is 0 Å². The van der Waals surface area contributed by atoms with Crippen LogP contribution in [0, 0.1) is 22.7 Å². The van der Waals surface area contributed by atoms with E-state index in [1.807, 2.05) is 19.1 Å². The molecular formula is C16H30N4O4S2. The summed E-state index contributed by atoms with van der Waals surface area (Å²) in [5.74, 6) is 0. The zero-order chi connectivity index (χ0) is 19.9. The van der Waals surface area contributed by atoms with Gasteiger partial charge in [-0.3, -0.25) is 0 Å². The Bertz CT molecular complexity index is 609. The molecule has 10 heteroatoms. The zero-order valence-corrected chi connectivity index (χ0v) is 17.0. The SMILES string of the molecule is CCCCCC(S(=O)(=O)NCCCCC#N)S(=O)(=O)NCCCCC#N. The predicted octanol–water partition coefficient (Wildman–Crippen LogP) is 2.12. The summed E-state index contributed by atoms with van der Waals surface area (Å²) in [5.41, 5.74) is 0. The summed E-state index contributed by atoms with van der Waals surface area (Å²) in [6, 6.07) is 3.96. The first kappa shape index (κ1) is 24.8. The Labute approximate surface area is 158 Å². The number of unbranched alkanes of at least 4 members (excludes halogenated alkanes) is 6. The number of hydrogen-bond donors (Lipinski definition) is 2. The Balaban J connectivity index is 4.89. The summed E-state index contributed by atoms with van der Waals surface area (Å²) in [6.07, 6.45) is 4.91. The molecule has 0 aliphatic rings. The number of nitrogens with zero attached hydrogens (tertiary/aromatic N) is 2. The van der Waals surface area contributed by atoms with Crippen LogP contribution in [0.4, 0.5) is 0 Å². The summed E-state index contributed by atoms with van der Waals surface area (Å²) in [7, 11) is -8.06. The van der Waals surface area contributed by atoms with Gasteiger partial charge in [-0.15, -0.1) is 0 Å². The van der Waals surface area contributed by atoms with Gasteiger partial charge in [0.1, 0.15) is 0 Å². The van der Waals surface area contributed by atoms with E-state index >= 15 is 0 Å². The Morgan fingerprint density at radius 2 is 1.23 bits per heavy atom. The van der Waals surface area contributed by atoms with Gasteiger partial charge in [-0.1, -0.05) is 26.2 Å². The number of nitrogens with one attached hydrogen (secondary N) is 2. The molecule has 0 unspecified atom stereocenters. The maximum Gasteiger partial charge on any atom is 0.230 e. The van der Waals surface area contributed by atoms with Crippen LogP contribution in [0.2, 0.25) is 0 Å². The highest BCUT2D eigenvalue weighted by atomic mass is 32.3. The third-order valence-corrected chi connectivity index (χ3v) is 8.36. The molecule has 0 heterocycles. The topological polar surface area (TPSA) is 140 Å². The van der Waals surface area contributed by atoms with Gasteiger partial charge in [-0.05, 0) is 32.1 Å². The van der Waals surface area contributed by atoms with Gasteiger partial charge >= 0.3 is 0 Å². The first-order valence-corrected chi connectivity index (χ1v) is 12.1. The van der Waals surface area contributed by atoms with Gasteiger partial charge in [0.15, 0.2) is 4.58 Å². The van der Waals surface area contributed by atoms with Crippen LogP contribution in [0.5, 0.6) is 0 Å². The Morgan fingerprint density at radius 3 is 1.62 bits per heavy atom. The van der Waals surface area contributed by atoms with Gasteiger partial charge in [0.05, 0.1) is 12.1 Å². The Morgan fingerprint density at radius 1 is 0.769 bits per heavy atom. The van der Waals surface area contributed by atoms with E-state index in [2.05, 4.69) is 9.44 Å². The van der Waals surface area contributed by atoms with Crippen LogP contribution in [-0.2, 0) is 20.0 Å². The fourth-order valence-corrected chi connectivity index (χ4v) is 6.24. The fraction of sp³-hybridized carbons (Fsp3) is 0.875. The highest BCUT2D eigenvalue weighted by Crippen LogP contribution is 2.16. The van der Waals surface area contributed by atoms with Crippen molar-refractivity contribution >= 4 is 20.0 Å². The highest BCUT2D eigenvalue weighted by molar-refractivity contribution is 8.07. The van der Waals surface area contributed by atoms with Crippen molar-refractivity contribution in [3.8, 4) is 12.1 Å². The Hall–Kier alpha value is -1.20. The molecule has 0 radical (unpaired) electrons. The minimum absolute atomic E-state index is 0.0366. The van der Waals surface area contributed by atoms with Crippen molar-refractivity contribution in [3.63, 3.8) is 0 Å². The smallest absolute Gasteiger partial charge is 0.214 e. The lowest BCUT2D eigenvalue weighted by Gasteiger charge is -2.19. The van der Waals surface area contributed by atoms with Crippen LogP contribution in [0.1, 0.15) is 71.1 Å². The van der Waals surface area contributed by atoms with E-state index in [1.54, 1.807) is 0 Å². The summed E-state index contributed by atoms with van der Waals surface area (Å²) in [6.45, 7) is 2.19. The molecular weight excluding hydrogens is 376 g/mol. The quantitative estimate of drug-likeness (QED) is 0.376. The van der Waals surface area contributed by atoms with Gasteiger partial charge in [-0.25, -0.2) is 26.3 Å². The maximum atomic E-state index is 12.5. The molecule has 0 atom stereocenters. The minimum Gasteiger partial charge on any atom is -0.214 e. The second kappa shape index (κ2) is 13.9. The monoisotopic (exact) mass is 406 g/mol. The van der Waals surface area contributed by atoms with Gasteiger partial charge in [0.2, 0.25) is 20.0 Å². The zero-order valence-electron chi connectivity index (χ0n) is 15.4.